The molecule has 0 aliphatic carbocycles. The Morgan fingerprint density at radius 1 is 1.06 bits per heavy atom. The molecule has 1 unspecified atom stereocenters. The largest absolute Gasteiger partial charge is 0.507 e. The summed E-state index contributed by atoms with van der Waals surface area (Å²) in [6, 6.07) is 11.6. The Hall–Kier alpha value is -3.19. The van der Waals surface area contributed by atoms with Crippen molar-refractivity contribution in [1.29, 1.82) is 0 Å². The molecular formula is C27H32FNO5. The van der Waals surface area contributed by atoms with Crippen LogP contribution >= 0.6 is 0 Å². The summed E-state index contributed by atoms with van der Waals surface area (Å²) in [4.78, 5) is 27.3. The molecule has 6 nitrogen and oxygen atoms in total. The zero-order valence-electron chi connectivity index (χ0n) is 20.1. The second kappa shape index (κ2) is 11.3. The van der Waals surface area contributed by atoms with Gasteiger partial charge in [-0.1, -0.05) is 32.0 Å². The number of ketones is 1. The number of carbonyl (C=O) groups excluding carboxylic acids is 2. The second-order valence-electron chi connectivity index (χ2n) is 9.02. The standard InChI is InChI=1S/C27H32FNO5/c1-17(2)16-34-20-12-10-19(11-13-20)25(30)23-24(21-8-5-6-9-22(21)28)29(27(32)26(23)31)14-7-15-33-18(3)4/h5-6,8-13,17-18,24,30H,7,14-16H2,1-4H3/b25-23-. The van der Waals surface area contributed by atoms with Crippen LogP contribution in [0.5, 0.6) is 5.75 Å². The number of hydrogen-bond donors (Lipinski definition) is 1. The lowest BCUT2D eigenvalue weighted by Gasteiger charge is -2.25. The third kappa shape index (κ3) is 5.83. The fourth-order valence-electron chi connectivity index (χ4n) is 3.81. The summed E-state index contributed by atoms with van der Waals surface area (Å²) in [6.07, 6.45) is 0.503. The SMILES string of the molecule is CC(C)COc1ccc(/C(O)=C2/C(=O)C(=O)N(CCCOC(C)C)C2c2ccccc2F)cc1. The highest BCUT2D eigenvalue weighted by Gasteiger charge is 2.46. The summed E-state index contributed by atoms with van der Waals surface area (Å²) in [5, 5.41) is 11.1. The summed E-state index contributed by atoms with van der Waals surface area (Å²) < 4.78 is 26.0. The van der Waals surface area contributed by atoms with Crippen LogP contribution in [0.2, 0.25) is 0 Å². The molecule has 1 N–H and O–H groups in total. The number of aliphatic hydroxyl groups excluding tert-OH is 1. The number of ether oxygens (including phenoxy) is 2. The van der Waals surface area contributed by atoms with Crippen LogP contribution in [0, 0.1) is 11.7 Å². The molecule has 0 radical (unpaired) electrons. The normalized spacial score (nSPS) is 17.7. The van der Waals surface area contributed by atoms with Crippen molar-refractivity contribution in [3.63, 3.8) is 0 Å². The van der Waals surface area contributed by atoms with Gasteiger partial charge in [-0.05, 0) is 56.5 Å². The van der Waals surface area contributed by atoms with Crippen molar-refractivity contribution in [2.24, 2.45) is 5.92 Å². The first-order chi connectivity index (χ1) is 16.2. The minimum Gasteiger partial charge on any atom is -0.507 e. The maximum absolute atomic E-state index is 14.8. The molecule has 0 aromatic heterocycles. The molecular weight excluding hydrogens is 437 g/mol. The van der Waals surface area contributed by atoms with Gasteiger partial charge in [0, 0.05) is 24.3 Å². The fourth-order valence-corrected chi connectivity index (χ4v) is 3.81. The lowest BCUT2D eigenvalue weighted by Crippen LogP contribution is -2.31. The summed E-state index contributed by atoms with van der Waals surface area (Å²) in [5.74, 6) is -1.52. The van der Waals surface area contributed by atoms with E-state index in [2.05, 4.69) is 0 Å². The van der Waals surface area contributed by atoms with Crippen molar-refractivity contribution in [3.8, 4) is 5.75 Å². The van der Waals surface area contributed by atoms with E-state index in [0.717, 1.165) is 0 Å². The van der Waals surface area contributed by atoms with Gasteiger partial charge in [0.1, 0.15) is 17.3 Å². The van der Waals surface area contributed by atoms with Gasteiger partial charge < -0.3 is 19.5 Å². The van der Waals surface area contributed by atoms with E-state index in [1.807, 2.05) is 27.7 Å². The minimum atomic E-state index is -1.03. The molecule has 2 aromatic rings. The topological polar surface area (TPSA) is 76.1 Å². The summed E-state index contributed by atoms with van der Waals surface area (Å²) in [5.41, 5.74) is 0.375. The number of hydrogen-bond acceptors (Lipinski definition) is 5. The number of aliphatic hydroxyl groups is 1. The van der Waals surface area contributed by atoms with Gasteiger partial charge in [0.25, 0.3) is 11.7 Å². The van der Waals surface area contributed by atoms with Gasteiger partial charge in [0.05, 0.1) is 24.3 Å². The van der Waals surface area contributed by atoms with E-state index in [-0.39, 0.29) is 29.5 Å². The number of nitrogens with zero attached hydrogens (tertiary/aromatic N) is 1. The second-order valence-corrected chi connectivity index (χ2v) is 9.02. The fraction of sp³-hybridized carbons (Fsp3) is 0.407. The molecule has 1 aliphatic rings. The molecule has 1 fully saturated rings. The van der Waals surface area contributed by atoms with Crippen LogP contribution in [-0.2, 0) is 14.3 Å². The van der Waals surface area contributed by atoms with Crippen LogP contribution < -0.4 is 4.74 Å². The number of likely N-dealkylation sites (tertiary alicyclic amines) is 1. The quantitative estimate of drug-likeness (QED) is 0.227. The van der Waals surface area contributed by atoms with Crippen LogP contribution in [0.25, 0.3) is 5.76 Å². The monoisotopic (exact) mass is 469 g/mol. The highest BCUT2D eigenvalue weighted by Crippen LogP contribution is 2.40. The minimum absolute atomic E-state index is 0.0327. The van der Waals surface area contributed by atoms with E-state index in [1.54, 1.807) is 30.3 Å². The van der Waals surface area contributed by atoms with Crippen LogP contribution in [0.3, 0.4) is 0 Å². The third-order valence-electron chi connectivity index (χ3n) is 5.45. The molecule has 182 valence electrons. The molecule has 34 heavy (non-hydrogen) atoms. The number of amides is 1. The number of Topliss-reactive ketones (excluding diaryl/α,β-unsaturated/α-hetero) is 1. The molecule has 2 aromatic carbocycles. The van der Waals surface area contributed by atoms with Crippen molar-refractivity contribution < 1.29 is 28.6 Å². The average Bonchev–Trinajstić information content (AvgIpc) is 3.05. The molecule has 7 heteroatoms. The van der Waals surface area contributed by atoms with Gasteiger partial charge in [-0.25, -0.2) is 4.39 Å². The van der Waals surface area contributed by atoms with Crippen LogP contribution in [0.4, 0.5) is 4.39 Å². The van der Waals surface area contributed by atoms with Crippen molar-refractivity contribution >= 4 is 17.4 Å². The Labute approximate surface area is 200 Å². The predicted molar refractivity (Wildman–Crippen MR) is 128 cm³/mol. The number of rotatable bonds is 10. The van der Waals surface area contributed by atoms with E-state index >= 15 is 0 Å². The van der Waals surface area contributed by atoms with E-state index in [1.165, 1.54) is 23.1 Å². The zero-order chi connectivity index (χ0) is 24.8. The van der Waals surface area contributed by atoms with Crippen LogP contribution in [0.1, 0.15) is 51.3 Å². The summed E-state index contributed by atoms with van der Waals surface area (Å²) >= 11 is 0. The first-order valence-electron chi connectivity index (χ1n) is 11.6. The number of carbonyl (C=O) groups is 2. The van der Waals surface area contributed by atoms with Gasteiger partial charge in [-0.2, -0.15) is 0 Å². The Kier molecular flexibility index (Phi) is 8.45. The van der Waals surface area contributed by atoms with Gasteiger partial charge in [0.2, 0.25) is 0 Å². The van der Waals surface area contributed by atoms with Crippen LogP contribution in [-0.4, -0.2) is 47.6 Å². The molecule has 1 heterocycles. The van der Waals surface area contributed by atoms with Crippen molar-refractivity contribution in [1.82, 2.24) is 4.90 Å². The molecule has 0 saturated carbocycles. The lowest BCUT2D eigenvalue weighted by atomic mass is 9.95. The van der Waals surface area contributed by atoms with Crippen molar-refractivity contribution in [3.05, 3.63) is 71.0 Å². The average molecular weight is 470 g/mol. The molecule has 0 bridgehead atoms. The maximum Gasteiger partial charge on any atom is 0.295 e. The number of benzene rings is 2. The molecule has 1 saturated heterocycles. The Bertz CT molecular complexity index is 1050. The van der Waals surface area contributed by atoms with Gasteiger partial charge in [-0.3, -0.25) is 9.59 Å². The smallest absolute Gasteiger partial charge is 0.295 e. The highest BCUT2D eigenvalue weighted by atomic mass is 19.1. The number of halogens is 1. The van der Waals surface area contributed by atoms with Crippen molar-refractivity contribution in [2.45, 2.75) is 46.3 Å². The Morgan fingerprint density at radius 2 is 1.74 bits per heavy atom. The van der Waals surface area contributed by atoms with E-state index in [0.29, 0.717) is 36.9 Å². The zero-order valence-corrected chi connectivity index (χ0v) is 20.1. The third-order valence-corrected chi connectivity index (χ3v) is 5.45. The molecule has 1 amide bonds. The molecule has 3 rings (SSSR count). The first kappa shape index (κ1) is 25.4. The van der Waals surface area contributed by atoms with E-state index < -0.39 is 23.5 Å². The van der Waals surface area contributed by atoms with Crippen molar-refractivity contribution in [2.75, 3.05) is 19.8 Å². The van der Waals surface area contributed by atoms with Gasteiger partial charge >= 0.3 is 0 Å². The lowest BCUT2D eigenvalue weighted by molar-refractivity contribution is -0.140. The predicted octanol–water partition coefficient (Wildman–Crippen LogP) is 5.10. The van der Waals surface area contributed by atoms with Gasteiger partial charge in [0.15, 0.2) is 0 Å². The van der Waals surface area contributed by atoms with Gasteiger partial charge in [-0.15, -0.1) is 0 Å². The van der Waals surface area contributed by atoms with E-state index in [9.17, 15) is 19.1 Å². The Balaban J connectivity index is 1.97. The summed E-state index contributed by atoms with van der Waals surface area (Å²) in [6.45, 7) is 9.02. The Morgan fingerprint density at radius 3 is 2.35 bits per heavy atom. The van der Waals surface area contributed by atoms with E-state index in [4.69, 9.17) is 9.47 Å². The van der Waals surface area contributed by atoms with Crippen LogP contribution in [0.15, 0.2) is 54.1 Å². The highest BCUT2D eigenvalue weighted by molar-refractivity contribution is 6.46. The molecule has 1 atom stereocenters. The summed E-state index contributed by atoms with van der Waals surface area (Å²) in [7, 11) is 0. The first-order valence-corrected chi connectivity index (χ1v) is 11.6. The maximum atomic E-state index is 14.8. The molecule has 0 spiro atoms. The molecule has 1 aliphatic heterocycles.